The number of ether oxygens (including phenoxy) is 3. The topological polar surface area (TPSA) is 51.2 Å². The molecule has 0 spiro atoms. The molecule has 0 bridgehead atoms. The highest BCUT2D eigenvalue weighted by molar-refractivity contribution is 9.10. The van der Waals surface area contributed by atoms with E-state index in [1.165, 1.54) is 4.90 Å². The van der Waals surface area contributed by atoms with Crippen molar-refractivity contribution in [2.45, 2.75) is 13.0 Å². The highest BCUT2D eigenvalue weighted by Gasteiger charge is 2.23. The van der Waals surface area contributed by atoms with E-state index in [0.29, 0.717) is 11.8 Å². The predicted octanol–water partition coefficient (Wildman–Crippen LogP) is 2.40. The molecule has 0 saturated carbocycles. The van der Waals surface area contributed by atoms with Gasteiger partial charge in [0, 0.05) is 25.2 Å². The summed E-state index contributed by atoms with van der Waals surface area (Å²) in [5, 5.41) is 0. The molecule has 0 N–H and O–H groups in total. The summed E-state index contributed by atoms with van der Waals surface area (Å²) in [6.07, 6.45) is 0.740. The van der Waals surface area contributed by atoms with E-state index in [-0.39, 0.29) is 0 Å². The van der Waals surface area contributed by atoms with Crippen molar-refractivity contribution in [3.05, 3.63) is 22.7 Å². The Bertz CT molecular complexity index is 497. The van der Waals surface area contributed by atoms with E-state index in [1.54, 1.807) is 27.3 Å². The number of likely N-dealkylation sites (N-methyl/N-ethyl adjacent to an activating group) is 1. The average molecular weight is 403 g/mol. The first-order chi connectivity index (χ1) is 11.6. The number of benzene rings is 1. The fourth-order valence-electron chi connectivity index (χ4n) is 2.24. The Morgan fingerprint density at radius 1 is 1.38 bits per heavy atom. The third kappa shape index (κ3) is 6.39. The van der Waals surface area contributed by atoms with Crippen molar-refractivity contribution < 1.29 is 19.0 Å². The van der Waals surface area contributed by atoms with E-state index in [9.17, 15) is 4.79 Å². The summed E-state index contributed by atoms with van der Waals surface area (Å²) in [5.74, 6) is 0.679. The standard InChI is InChI=1S/C9H10BrNO2.C8H17NO2/c1-11(6-12)8-5-7(10)3-4-9(8)13-2;1-3-9(4-5-10-2)8-6-11-7-8/h3-6H,1-2H3;8H,3-7H2,1-2H3. The number of nitrogens with zero attached hydrogens (tertiary/aromatic N) is 2. The normalized spacial score (nSPS) is 13.8. The molecule has 1 amide bonds. The molecule has 0 radical (unpaired) electrons. The Morgan fingerprint density at radius 3 is 2.54 bits per heavy atom. The van der Waals surface area contributed by atoms with Gasteiger partial charge in [-0.15, -0.1) is 0 Å². The maximum Gasteiger partial charge on any atom is 0.213 e. The third-order valence-corrected chi connectivity index (χ3v) is 4.30. The molecular formula is C17H27BrN2O4. The highest BCUT2D eigenvalue weighted by Crippen LogP contribution is 2.29. The quantitative estimate of drug-likeness (QED) is 0.624. The molecule has 1 fully saturated rings. The average Bonchev–Trinajstić information content (AvgIpc) is 2.56. The van der Waals surface area contributed by atoms with Crippen LogP contribution in [0.5, 0.6) is 5.75 Å². The second-order valence-electron chi connectivity index (χ2n) is 5.35. The first kappa shape index (κ1) is 20.9. The Labute approximate surface area is 152 Å². The summed E-state index contributed by atoms with van der Waals surface area (Å²) >= 11 is 3.32. The molecule has 24 heavy (non-hydrogen) atoms. The van der Waals surface area contributed by atoms with Crippen LogP contribution in [-0.2, 0) is 14.3 Å². The first-order valence-corrected chi connectivity index (χ1v) is 8.69. The minimum Gasteiger partial charge on any atom is -0.495 e. The summed E-state index contributed by atoms with van der Waals surface area (Å²) in [5.41, 5.74) is 0.742. The molecule has 0 unspecified atom stereocenters. The molecule has 1 aliphatic rings. The van der Waals surface area contributed by atoms with Crippen molar-refractivity contribution >= 4 is 28.0 Å². The molecule has 136 valence electrons. The number of carbonyl (C=O) groups is 1. The van der Waals surface area contributed by atoms with Gasteiger partial charge in [0.05, 0.1) is 38.7 Å². The molecule has 2 rings (SSSR count). The fraction of sp³-hybridized carbons (Fsp3) is 0.588. The van der Waals surface area contributed by atoms with E-state index in [0.717, 1.165) is 49.5 Å². The van der Waals surface area contributed by atoms with Gasteiger partial charge in [-0.3, -0.25) is 9.69 Å². The molecule has 1 saturated heterocycles. The van der Waals surface area contributed by atoms with Gasteiger partial charge in [-0.1, -0.05) is 22.9 Å². The minimum absolute atomic E-state index is 0.648. The van der Waals surface area contributed by atoms with Crippen LogP contribution in [0.2, 0.25) is 0 Å². The fourth-order valence-corrected chi connectivity index (χ4v) is 2.59. The monoisotopic (exact) mass is 402 g/mol. The van der Waals surface area contributed by atoms with E-state index in [2.05, 4.69) is 27.8 Å². The van der Waals surface area contributed by atoms with Crippen molar-refractivity contribution in [2.75, 3.05) is 59.1 Å². The zero-order valence-electron chi connectivity index (χ0n) is 14.8. The van der Waals surface area contributed by atoms with Crippen LogP contribution in [0.15, 0.2) is 22.7 Å². The predicted molar refractivity (Wildman–Crippen MR) is 98.9 cm³/mol. The SMILES string of the molecule is CCN(CCOC)C1COC1.COc1ccc(Br)cc1N(C)C=O. The van der Waals surface area contributed by atoms with E-state index in [1.807, 2.05) is 12.1 Å². The molecule has 1 aromatic rings. The number of anilines is 1. The van der Waals surface area contributed by atoms with Gasteiger partial charge in [0.25, 0.3) is 0 Å². The largest absolute Gasteiger partial charge is 0.495 e. The van der Waals surface area contributed by atoms with E-state index >= 15 is 0 Å². The van der Waals surface area contributed by atoms with Crippen LogP contribution in [0.4, 0.5) is 5.69 Å². The summed E-state index contributed by atoms with van der Waals surface area (Å²) in [6, 6.07) is 6.14. The highest BCUT2D eigenvalue weighted by atomic mass is 79.9. The zero-order valence-corrected chi connectivity index (χ0v) is 16.4. The number of methoxy groups -OCH3 is 2. The summed E-state index contributed by atoms with van der Waals surface area (Å²) < 4.78 is 16.1. The smallest absolute Gasteiger partial charge is 0.213 e. The number of hydrogen-bond acceptors (Lipinski definition) is 5. The lowest BCUT2D eigenvalue weighted by Gasteiger charge is -2.36. The Morgan fingerprint density at radius 2 is 2.08 bits per heavy atom. The Hall–Kier alpha value is -1.15. The van der Waals surface area contributed by atoms with Crippen molar-refractivity contribution in [3.63, 3.8) is 0 Å². The van der Waals surface area contributed by atoms with Gasteiger partial charge in [0.2, 0.25) is 6.41 Å². The van der Waals surface area contributed by atoms with Crippen molar-refractivity contribution in [1.82, 2.24) is 4.90 Å². The molecule has 1 aromatic carbocycles. The van der Waals surface area contributed by atoms with Gasteiger partial charge in [-0.25, -0.2) is 0 Å². The molecular weight excluding hydrogens is 376 g/mol. The second kappa shape index (κ2) is 11.4. The lowest BCUT2D eigenvalue weighted by molar-refractivity contribution is -0.107. The Kier molecular flexibility index (Phi) is 9.94. The van der Waals surface area contributed by atoms with Crippen LogP contribution in [0.3, 0.4) is 0 Å². The third-order valence-electron chi connectivity index (χ3n) is 3.80. The summed E-state index contributed by atoms with van der Waals surface area (Å²) in [4.78, 5) is 14.4. The van der Waals surface area contributed by atoms with Crippen molar-refractivity contribution in [1.29, 1.82) is 0 Å². The van der Waals surface area contributed by atoms with Gasteiger partial charge in [-0.05, 0) is 24.7 Å². The first-order valence-electron chi connectivity index (χ1n) is 7.89. The van der Waals surface area contributed by atoms with Gasteiger partial charge in [0.1, 0.15) is 5.75 Å². The lowest BCUT2D eigenvalue weighted by Crippen LogP contribution is -2.49. The van der Waals surface area contributed by atoms with Gasteiger partial charge in [0.15, 0.2) is 0 Å². The number of amides is 1. The van der Waals surface area contributed by atoms with Gasteiger partial charge < -0.3 is 19.1 Å². The van der Waals surface area contributed by atoms with Crippen LogP contribution in [0.1, 0.15) is 6.92 Å². The van der Waals surface area contributed by atoms with Crippen LogP contribution in [0.25, 0.3) is 0 Å². The van der Waals surface area contributed by atoms with Crippen molar-refractivity contribution in [3.8, 4) is 5.75 Å². The summed E-state index contributed by atoms with van der Waals surface area (Å²) in [6.45, 7) is 6.92. The van der Waals surface area contributed by atoms with Crippen LogP contribution in [0, 0.1) is 0 Å². The molecule has 0 aliphatic carbocycles. The molecule has 0 atom stereocenters. The Balaban J connectivity index is 0.000000243. The second-order valence-corrected chi connectivity index (χ2v) is 6.26. The number of rotatable bonds is 8. The van der Waals surface area contributed by atoms with Gasteiger partial charge >= 0.3 is 0 Å². The van der Waals surface area contributed by atoms with E-state index in [4.69, 9.17) is 14.2 Å². The zero-order chi connectivity index (χ0) is 17.9. The molecule has 0 aromatic heterocycles. The van der Waals surface area contributed by atoms with Gasteiger partial charge in [-0.2, -0.15) is 0 Å². The molecule has 1 heterocycles. The lowest BCUT2D eigenvalue weighted by atomic mass is 10.2. The van der Waals surface area contributed by atoms with Crippen molar-refractivity contribution in [2.24, 2.45) is 0 Å². The molecule has 1 aliphatic heterocycles. The molecule has 7 heteroatoms. The van der Waals surface area contributed by atoms with E-state index < -0.39 is 0 Å². The summed E-state index contributed by atoms with van der Waals surface area (Å²) in [7, 11) is 4.99. The molecule has 6 nitrogen and oxygen atoms in total. The maximum absolute atomic E-state index is 10.5. The number of hydrogen-bond donors (Lipinski definition) is 0. The number of carbonyl (C=O) groups excluding carboxylic acids is 1. The van der Waals surface area contributed by atoms with Crippen LogP contribution >= 0.6 is 15.9 Å². The van der Waals surface area contributed by atoms with Crippen LogP contribution < -0.4 is 9.64 Å². The number of halogens is 1. The maximum atomic E-state index is 10.5. The van der Waals surface area contributed by atoms with Crippen LogP contribution in [-0.4, -0.2) is 71.5 Å². The minimum atomic E-state index is 0.648.